The Hall–Kier alpha value is -2.01. The highest BCUT2D eigenvalue weighted by atomic mass is 79.9. The van der Waals surface area contributed by atoms with Crippen LogP contribution in [0.4, 0.5) is 0 Å². The van der Waals surface area contributed by atoms with Crippen molar-refractivity contribution < 1.29 is 4.74 Å². The van der Waals surface area contributed by atoms with Gasteiger partial charge in [-0.1, -0.05) is 52.2 Å². The molecule has 0 amide bonds. The fourth-order valence-electron chi connectivity index (χ4n) is 1.91. The van der Waals surface area contributed by atoms with E-state index in [0.29, 0.717) is 11.3 Å². The lowest BCUT2D eigenvalue weighted by Crippen LogP contribution is -1.97. The highest BCUT2D eigenvalue weighted by molar-refractivity contribution is 9.11. The van der Waals surface area contributed by atoms with Crippen molar-refractivity contribution in [2.24, 2.45) is 0 Å². The molecule has 22 heavy (non-hydrogen) atoms. The number of hydrogen-bond donors (Lipinski definition) is 0. The average molecular weight is 417 g/mol. The van der Waals surface area contributed by atoms with Gasteiger partial charge >= 0.3 is 0 Å². The number of terminal acetylenes is 1. The molecule has 2 nitrogen and oxygen atoms in total. The van der Waals surface area contributed by atoms with Crippen molar-refractivity contribution in [3.63, 3.8) is 0 Å². The molecule has 0 N–H and O–H groups in total. The molecule has 0 saturated carbocycles. The van der Waals surface area contributed by atoms with Crippen molar-refractivity contribution in [2.75, 3.05) is 6.61 Å². The van der Waals surface area contributed by atoms with Crippen LogP contribution in [0.5, 0.6) is 5.75 Å². The number of ether oxygens (including phenoxy) is 1. The minimum atomic E-state index is 0.161. The normalized spacial score (nSPS) is 10.6. The maximum Gasteiger partial charge on any atom is 0.148 e. The Morgan fingerprint density at radius 1 is 1.23 bits per heavy atom. The van der Waals surface area contributed by atoms with Crippen molar-refractivity contribution in [3.8, 4) is 24.2 Å². The largest absolute Gasteiger partial charge is 0.479 e. The fraction of sp³-hybridized carbons (Fsp3) is 0.0556. The average Bonchev–Trinajstić information content (AvgIpc) is 2.52. The van der Waals surface area contributed by atoms with Gasteiger partial charge in [0.05, 0.1) is 16.1 Å². The van der Waals surface area contributed by atoms with E-state index in [0.717, 1.165) is 20.1 Å². The maximum absolute atomic E-state index is 9.43. The zero-order valence-electron chi connectivity index (χ0n) is 11.5. The molecule has 0 spiro atoms. The highest BCUT2D eigenvalue weighted by Crippen LogP contribution is 2.35. The van der Waals surface area contributed by atoms with Gasteiger partial charge in [0.15, 0.2) is 0 Å². The smallest absolute Gasteiger partial charge is 0.148 e. The zero-order valence-corrected chi connectivity index (χ0v) is 14.7. The third kappa shape index (κ3) is 4.01. The second-order valence-corrected chi connectivity index (χ2v) is 6.10. The number of rotatable bonds is 4. The Morgan fingerprint density at radius 2 is 1.95 bits per heavy atom. The molecule has 108 valence electrons. The van der Waals surface area contributed by atoms with Crippen LogP contribution in [-0.2, 0) is 0 Å². The van der Waals surface area contributed by atoms with Crippen LogP contribution in [0.2, 0.25) is 0 Å². The van der Waals surface area contributed by atoms with Crippen LogP contribution >= 0.6 is 31.9 Å². The summed E-state index contributed by atoms with van der Waals surface area (Å²) in [6, 6.07) is 15.5. The molecule has 0 aromatic heterocycles. The third-order valence-corrected chi connectivity index (χ3v) is 3.89. The second-order valence-electron chi connectivity index (χ2n) is 4.33. The van der Waals surface area contributed by atoms with E-state index < -0.39 is 0 Å². The summed E-state index contributed by atoms with van der Waals surface area (Å²) >= 11 is 6.91. The summed E-state index contributed by atoms with van der Waals surface area (Å²) < 4.78 is 7.25. The quantitative estimate of drug-likeness (QED) is 0.385. The van der Waals surface area contributed by atoms with Gasteiger partial charge in [0.1, 0.15) is 12.4 Å². The van der Waals surface area contributed by atoms with E-state index in [2.05, 4.69) is 43.8 Å². The third-order valence-electron chi connectivity index (χ3n) is 2.84. The number of nitriles is 1. The van der Waals surface area contributed by atoms with E-state index in [4.69, 9.17) is 11.2 Å². The van der Waals surface area contributed by atoms with Crippen LogP contribution in [0.25, 0.3) is 11.6 Å². The minimum absolute atomic E-state index is 0.161. The van der Waals surface area contributed by atoms with Gasteiger partial charge in [0.25, 0.3) is 0 Å². The van der Waals surface area contributed by atoms with E-state index in [1.54, 1.807) is 6.08 Å². The highest BCUT2D eigenvalue weighted by Gasteiger charge is 2.10. The van der Waals surface area contributed by atoms with Gasteiger partial charge in [-0.3, -0.25) is 0 Å². The monoisotopic (exact) mass is 415 g/mol. The molecule has 0 aliphatic heterocycles. The van der Waals surface area contributed by atoms with Gasteiger partial charge in [-0.15, -0.1) is 6.42 Å². The molecule has 0 aliphatic rings. The lowest BCUT2D eigenvalue weighted by molar-refractivity contribution is 0.367. The fourth-order valence-corrected chi connectivity index (χ4v) is 3.28. The van der Waals surface area contributed by atoms with Crippen LogP contribution in [0, 0.1) is 23.7 Å². The van der Waals surface area contributed by atoms with E-state index in [-0.39, 0.29) is 6.61 Å². The number of allylic oxidation sites excluding steroid dienone is 1. The van der Waals surface area contributed by atoms with Crippen molar-refractivity contribution in [1.29, 1.82) is 5.26 Å². The summed E-state index contributed by atoms with van der Waals surface area (Å²) in [5.74, 6) is 3.06. The Morgan fingerprint density at radius 3 is 2.59 bits per heavy atom. The van der Waals surface area contributed by atoms with Crippen molar-refractivity contribution >= 4 is 43.5 Å². The molecule has 0 bridgehead atoms. The Labute approximate surface area is 146 Å². The van der Waals surface area contributed by atoms with Gasteiger partial charge in [0.2, 0.25) is 0 Å². The van der Waals surface area contributed by atoms with E-state index in [1.165, 1.54) is 0 Å². The number of benzene rings is 2. The summed E-state index contributed by atoms with van der Waals surface area (Å²) in [7, 11) is 0. The summed E-state index contributed by atoms with van der Waals surface area (Å²) in [5, 5.41) is 9.43. The van der Waals surface area contributed by atoms with Gasteiger partial charge in [-0.25, -0.2) is 0 Å². The molecule has 0 radical (unpaired) electrons. The molecule has 0 aliphatic carbocycles. The van der Waals surface area contributed by atoms with E-state index in [1.807, 2.05) is 42.5 Å². The zero-order chi connectivity index (χ0) is 15.9. The number of hydrogen-bond acceptors (Lipinski definition) is 2. The molecule has 0 saturated heterocycles. The first-order valence-corrected chi connectivity index (χ1v) is 7.97. The maximum atomic E-state index is 9.43. The van der Waals surface area contributed by atoms with Crippen LogP contribution < -0.4 is 4.74 Å². The standard InChI is InChI=1S/C18H11Br2NO/c1-2-8-22-18-14(10-16(19)11-17(18)20)9-15(12-21)13-6-4-3-5-7-13/h1,3-7,9-11H,8H2/b15-9+. The van der Waals surface area contributed by atoms with Crippen LogP contribution in [0.3, 0.4) is 0 Å². The summed E-state index contributed by atoms with van der Waals surface area (Å²) in [6.45, 7) is 0.161. The van der Waals surface area contributed by atoms with Crippen molar-refractivity contribution in [1.82, 2.24) is 0 Å². The molecule has 0 heterocycles. The lowest BCUT2D eigenvalue weighted by Gasteiger charge is -2.10. The molecule has 2 rings (SSSR count). The summed E-state index contributed by atoms with van der Waals surface area (Å²) in [4.78, 5) is 0. The molecule has 2 aromatic carbocycles. The topological polar surface area (TPSA) is 33.0 Å². The number of nitrogens with zero attached hydrogens (tertiary/aromatic N) is 1. The van der Waals surface area contributed by atoms with Crippen molar-refractivity contribution in [3.05, 3.63) is 62.5 Å². The predicted octanol–water partition coefficient (Wildman–Crippen LogP) is 5.29. The molecule has 2 aromatic rings. The van der Waals surface area contributed by atoms with E-state index in [9.17, 15) is 5.26 Å². The van der Waals surface area contributed by atoms with Gasteiger partial charge in [-0.05, 0) is 39.7 Å². The Balaban J connectivity index is 2.53. The van der Waals surface area contributed by atoms with Crippen LogP contribution in [0.1, 0.15) is 11.1 Å². The first kappa shape index (κ1) is 16.4. The molecular formula is C18H11Br2NO. The SMILES string of the molecule is C#CCOc1c(Br)cc(Br)cc1/C=C(\C#N)c1ccccc1. The lowest BCUT2D eigenvalue weighted by atomic mass is 10.0. The second kappa shape index (κ2) is 7.84. The van der Waals surface area contributed by atoms with Crippen LogP contribution in [0.15, 0.2) is 51.4 Å². The van der Waals surface area contributed by atoms with Gasteiger partial charge in [-0.2, -0.15) is 5.26 Å². The minimum Gasteiger partial charge on any atom is -0.479 e. The van der Waals surface area contributed by atoms with Crippen molar-refractivity contribution in [2.45, 2.75) is 0 Å². The Kier molecular flexibility index (Phi) is 5.83. The first-order chi connectivity index (χ1) is 10.7. The molecule has 0 unspecified atom stereocenters. The summed E-state index contributed by atoms with van der Waals surface area (Å²) in [6.07, 6.45) is 7.05. The predicted molar refractivity (Wildman–Crippen MR) is 96.1 cm³/mol. The van der Waals surface area contributed by atoms with Crippen LogP contribution in [-0.4, -0.2) is 6.61 Å². The molecule has 0 fully saturated rings. The Bertz CT molecular complexity index is 783. The van der Waals surface area contributed by atoms with E-state index >= 15 is 0 Å². The molecule has 4 heteroatoms. The number of halogens is 2. The van der Waals surface area contributed by atoms with Gasteiger partial charge in [0, 0.05) is 10.0 Å². The molecular weight excluding hydrogens is 406 g/mol. The molecule has 0 atom stereocenters. The summed E-state index contributed by atoms with van der Waals surface area (Å²) in [5.41, 5.74) is 2.18. The van der Waals surface area contributed by atoms with Gasteiger partial charge < -0.3 is 4.74 Å². The first-order valence-electron chi connectivity index (χ1n) is 6.38.